The van der Waals surface area contributed by atoms with Crippen LogP contribution < -0.4 is 21.1 Å². The third-order valence-electron chi connectivity index (χ3n) is 8.68. The molecule has 2 heterocycles. The Kier molecular flexibility index (Phi) is 7.16. The molecule has 0 unspecified atom stereocenters. The molecule has 202 valence electrons. The minimum atomic E-state index is -0.298. The normalized spacial score (nSPS) is 28.5. The molecular weight excluding hydrogens is 504 g/mol. The summed E-state index contributed by atoms with van der Waals surface area (Å²) in [5.41, 5.74) is 9.14. The summed E-state index contributed by atoms with van der Waals surface area (Å²) in [6.07, 6.45) is 11.0. The molecule has 0 spiro atoms. The fourth-order valence-corrected chi connectivity index (χ4v) is 6.95. The number of carbonyl (C=O) groups excluding carboxylic acids is 1. The number of rotatable bonds is 7. The Morgan fingerprint density at radius 3 is 2.76 bits per heavy atom. The van der Waals surface area contributed by atoms with Crippen LogP contribution in [0.1, 0.15) is 30.4 Å². The van der Waals surface area contributed by atoms with Gasteiger partial charge in [0, 0.05) is 25.2 Å². The van der Waals surface area contributed by atoms with Crippen molar-refractivity contribution >= 4 is 35.0 Å². The predicted octanol–water partition coefficient (Wildman–Crippen LogP) is 3.55. The molecule has 1 aliphatic heterocycles. The number of nitrogens with two attached hydrogens (primary N) is 1. The van der Waals surface area contributed by atoms with Gasteiger partial charge in [-0.2, -0.15) is 4.98 Å². The van der Waals surface area contributed by atoms with E-state index in [0.29, 0.717) is 22.8 Å². The molecule has 1 saturated heterocycles. The van der Waals surface area contributed by atoms with Gasteiger partial charge in [-0.25, -0.2) is 4.98 Å². The molecule has 4 aliphatic rings. The maximum absolute atomic E-state index is 12.2. The van der Waals surface area contributed by atoms with Crippen molar-refractivity contribution in [2.75, 3.05) is 44.0 Å². The zero-order chi connectivity index (χ0) is 26.2. The number of aromatic nitrogens is 2. The number of carbonyl (C=O) groups is 1. The molecule has 2 aromatic rings. The van der Waals surface area contributed by atoms with Crippen LogP contribution in [0.4, 0.5) is 17.5 Å². The number of nitrogens with one attached hydrogen (secondary N) is 2. The lowest BCUT2D eigenvalue weighted by molar-refractivity contribution is -0.122. The number of anilines is 3. The summed E-state index contributed by atoms with van der Waals surface area (Å²) in [6, 6.07) is 4.66. The topological polar surface area (TPSA) is 115 Å². The van der Waals surface area contributed by atoms with Crippen LogP contribution in [0.5, 0.6) is 5.75 Å². The second-order valence-corrected chi connectivity index (χ2v) is 11.1. The van der Waals surface area contributed by atoms with E-state index in [0.717, 1.165) is 69.8 Å². The number of methoxy groups -OCH3 is 1. The first kappa shape index (κ1) is 25.4. The van der Waals surface area contributed by atoms with Crippen LogP contribution in [0, 0.1) is 17.8 Å². The van der Waals surface area contributed by atoms with E-state index in [9.17, 15) is 4.79 Å². The second kappa shape index (κ2) is 10.7. The lowest BCUT2D eigenvalue weighted by atomic mass is 9.88. The Morgan fingerprint density at radius 1 is 1.18 bits per heavy atom. The molecule has 4 N–H and O–H groups in total. The number of ether oxygens (including phenoxy) is 2. The van der Waals surface area contributed by atoms with Crippen LogP contribution in [0.2, 0.25) is 5.02 Å². The highest BCUT2D eigenvalue weighted by atomic mass is 35.5. The van der Waals surface area contributed by atoms with Crippen LogP contribution in [-0.2, 0) is 22.4 Å². The van der Waals surface area contributed by atoms with E-state index >= 15 is 0 Å². The average Bonchev–Trinajstić information content (AvgIpc) is 3.46. The highest BCUT2D eigenvalue weighted by molar-refractivity contribution is 6.32. The summed E-state index contributed by atoms with van der Waals surface area (Å²) in [6.45, 7) is 3.66. The largest absolute Gasteiger partial charge is 0.494 e. The van der Waals surface area contributed by atoms with Gasteiger partial charge in [-0.15, -0.1) is 0 Å². The molecule has 3 aliphatic carbocycles. The van der Waals surface area contributed by atoms with E-state index in [1.807, 2.05) is 6.07 Å². The number of fused-ring (bicyclic) bond motifs is 3. The summed E-state index contributed by atoms with van der Waals surface area (Å²) in [5.74, 6) is 1.55. The molecule has 1 aromatic carbocycles. The molecule has 9 nitrogen and oxygen atoms in total. The van der Waals surface area contributed by atoms with Crippen molar-refractivity contribution in [1.82, 2.24) is 14.9 Å². The van der Waals surface area contributed by atoms with Crippen LogP contribution in [0.25, 0.3) is 0 Å². The van der Waals surface area contributed by atoms with Crippen LogP contribution in [0.15, 0.2) is 30.5 Å². The summed E-state index contributed by atoms with van der Waals surface area (Å²) in [7, 11) is 1.72. The van der Waals surface area contributed by atoms with Gasteiger partial charge >= 0.3 is 0 Å². The molecule has 1 aromatic heterocycles. The summed E-state index contributed by atoms with van der Waals surface area (Å²) in [5, 5.41) is 7.15. The van der Waals surface area contributed by atoms with Gasteiger partial charge in [-0.05, 0) is 61.1 Å². The Morgan fingerprint density at radius 2 is 1.97 bits per heavy atom. The Labute approximate surface area is 228 Å². The summed E-state index contributed by atoms with van der Waals surface area (Å²) < 4.78 is 11.5. The third-order valence-corrected chi connectivity index (χ3v) is 8.96. The summed E-state index contributed by atoms with van der Waals surface area (Å²) >= 11 is 6.47. The number of benzene rings is 1. The molecule has 6 rings (SSSR count). The first-order chi connectivity index (χ1) is 18.5. The van der Waals surface area contributed by atoms with Crippen molar-refractivity contribution in [3.63, 3.8) is 0 Å². The van der Waals surface area contributed by atoms with E-state index in [2.05, 4.69) is 43.7 Å². The fraction of sp³-hybridized carbons (Fsp3) is 0.536. The fourth-order valence-electron chi connectivity index (χ4n) is 6.81. The maximum atomic E-state index is 12.2. The molecule has 1 amide bonds. The number of amides is 1. The predicted molar refractivity (Wildman–Crippen MR) is 147 cm³/mol. The van der Waals surface area contributed by atoms with Crippen molar-refractivity contribution in [2.24, 2.45) is 23.5 Å². The molecule has 1 saturated carbocycles. The maximum Gasteiger partial charge on any atom is 0.229 e. The van der Waals surface area contributed by atoms with E-state index in [1.165, 1.54) is 11.1 Å². The molecular formula is C28H35ClN6O3. The van der Waals surface area contributed by atoms with Gasteiger partial charge in [-0.1, -0.05) is 29.8 Å². The number of primary amides is 1. The van der Waals surface area contributed by atoms with Gasteiger partial charge in [0.2, 0.25) is 11.9 Å². The second-order valence-electron chi connectivity index (χ2n) is 10.7. The lowest BCUT2D eigenvalue weighted by Gasteiger charge is -2.34. The molecule has 5 atom stereocenters. The zero-order valence-electron chi connectivity index (χ0n) is 21.7. The molecule has 10 heteroatoms. The standard InChI is InChI=1S/C28H35ClN6O3/c1-37-25-20-8-7-19(35-10-12-38-13-11-35)6-4-16(20)5-9-22(25)32-28-31-15-21(29)27(34-28)33-24-18-3-2-17(14-18)23(24)26(30)36/h2-3,5,9,15,17-19,23-24H,4,6-8,10-14H2,1H3,(H2,30,36)(H2,31,32,33,34)/t17-,18-,19-,23+,24+/m0/s1. The number of nitrogens with zero attached hydrogens (tertiary/aromatic N) is 3. The van der Waals surface area contributed by atoms with Crippen molar-refractivity contribution in [1.29, 1.82) is 0 Å². The first-order valence-electron chi connectivity index (χ1n) is 13.6. The van der Waals surface area contributed by atoms with E-state index in [4.69, 9.17) is 26.8 Å². The molecule has 2 bridgehead atoms. The monoisotopic (exact) mass is 538 g/mol. The highest BCUT2D eigenvalue weighted by Gasteiger charge is 2.47. The number of allylic oxidation sites excluding steroid dienone is 1. The van der Waals surface area contributed by atoms with Crippen molar-refractivity contribution in [3.8, 4) is 5.75 Å². The van der Waals surface area contributed by atoms with Gasteiger partial charge in [0.25, 0.3) is 0 Å². The number of hydrogen-bond donors (Lipinski definition) is 3. The SMILES string of the molecule is COc1c(Nc2ncc(Cl)c(N[C@H]3[C@H](C(N)=O)[C@H]4C=C[C@H]3C4)n2)ccc2c1CC[C@@H](N1CCOCC1)CC2. The van der Waals surface area contributed by atoms with Crippen molar-refractivity contribution in [3.05, 3.63) is 46.6 Å². The first-order valence-corrected chi connectivity index (χ1v) is 13.9. The lowest BCUT2D eigenvalue weighted by Crippen LogP contribution is -2.43. The van der Waals surface area contributed by atoms with E-state index in [-0.39, 0.29) is 29.7 Å². The van der Waals surface area contributed by atoms with Gasteiger partial charge < -0.3 is 25.8 Å². The minimum Gasteiger partial charge on any atom is -0.494 e. The molecule has 38 heavy (non-hydrogen) atoms. The number of halogens is 1. The zero-order valence-corrected chi connectivity index (χ0v) is 22.4. The number of aryl methyl sites for hydroxylation is 1. The minimum absolute atomic E-state index is 0.135. The van der Waals surface area contributed by atoms with E-state index < -0.39 is 0 Å². The quantitative estimate of drug-likeness (QED) is 0.362. The molecule has 0 radical (unpaired) electrons. The third kappa shape index (κ3) is 4.83. The number of hydrogen-bond acceptors (Lipinski definition) is 8. The highest BCUT2D eigenvalue weighted by Crippen LogP contribution is 2.45. The number of morpholine rings is 1. The van der Waals surface area contributed by atoms with Gasteiger partial charge in [-0.3, -0.25) is 9.69 Å². The average molecular weight is 539 g/mol. The van der Waals surface area contributed by atoms with Crippen LogP contribution in [-0.4, -0.2) is 66.3 Å². The van der Waals surface area contributed by atoms with Crippen molar-refractivity contribution < 1.29 is 14.3 Å². The van der Waals surface area contributed by atoms with E-state index in [1.54, 1.807) is 13.3 Å². The Bertz CT molecular complexity index is 1230. The van der Waals surface area contributed by atoms with Gasteiger partial charge in [0.1, 0.15) is 10.8 Å². The molecule has 2 fully saturated rings. The van der Waals surface area contributed by atoms with Crippen LogP contribution in [0.3, 0.4) is 0 Å². The van der Waals surface area contributed by atoms with Gasteiger partial charge in [0.15, 0.2) is 5.82 Å². The van der Waals surface area contributed by atoms with Crippen LogP contribution >= 0.6 is 11.6 Å². The Balaban J connectivity index is 1.21. The Hall–Kier alpha value is -2.88. The summed E-state index contributed by atoms with van der Waals surface area (Å²) in [4.78, 5) is 23.8. The van der Waals surface area contributed by atoms with Gasteiger partial charge in [0.05, 0.1) is 38.1 Å². The smallest absolute Gasteiger partial charge is 0.229 e. The van der Waals surface area contributed by atoms with Crippen molar-refractivity contribution in [2.45, 2.75) is 44.2 Å².